The van der Waals surface area contributed by atoms with Crippen molar-refractivity contribution in [3.8, 4) is 5.75 Å². The minimum Gasteiger partial charge on any atom is -0.493 e. The van der Waals surface area contributed by atoms with Gasteiger partial charge < -0.3 is 15.0 Å². The number of anilines is 3. The molecule has 0 aliphatic carbocycles. The van der Waals surface area contributed by atoms with E-state index in [4.69, 9.17) is 4.74 Å². The summed E-state index contributed by atoms with van der Waals surface area (Å²) in [5.74, 6) is 0.717. The number of nitrogens with zero attached hydrogens (tertiary/aromatic N) is 3. The molecule has 0 atom stereocenters. The summed E-state index contributed by atoms with van der Waals surface area (Å²) in [7, 11) is 3.44. The molecule has 1 fully saturated rings. The molecular formula is C17H20N4O2. The van der Waals surface area contributed by atoms with E-state index in [2.05, 4.69) is 10.3 Å². The van der Waals surface area contributed by atoms with Crippen LogP contribution < -0.4 is 15.0 Å². The molecule has 2 aromatic rings. The fraction of sp³-hybridized carbons (Fsp3) is 0.294. The van der Waals surface area contributed by atoms with Crippen LogP contribution >= 0.6 is 0 Å². The van der Waals surface area contributed by atoms with Gasteiger partial charge in [-0.15, -0.1) is 0 Å². The molecule has 0 spiro atoms. The number of carbonyl (C=O) groups excluding carboxylic acids is 1. The molecule has 1 N–H and O–H groups in total. The third-order valence-corrected chi connectivity index (χ3v) is 3.94. The Bertz CT molecular complexity index is 732. The van der Waals surface area contributed by atoms with Gasteiger partial charge in [0.25, 0.3) is 0 Å². The highest BCUT2D eigenvalue weighted by Gasteiger charge is 2.26. The van der Waals surface area contributed by atoms with Crippen molar-refractivity contribution in [2.75, 3.05) is 37.5 Å². The predicted molar refractivity (Wildman–Crippen MR) is 90.6 cm³/mol. The lowest BCUT2D eigenvalue weighted by molar-refractivity contribution is 0.229. The number of aromatic nitrogens is 1. The Morgan fingerprint density at radius 2 is 2.09 bits per heavy atom. The van der Waals surface area contributed by atoms with E-state index in [1.165, 1.54) is 0 Å². The van der Waals surface area contributed by atoms with E-state index in [9.17, 15) is 4.79 Å². The number of urea groups is 1. The van der Waals surface area contributed by atoms with Crippen LogP contribution in [-0.4, -0.2) is 43.2 Å². The van der Waals surface area contributed by atoms with Gasteiger partial charge in [-0.25, -0.2) is 4.79 Å². The molecule has 0 bridgehead atoms. The summed E-state index contributed by atoms with van der Waals surface area (Å²) in [5, 5.41) is 3.34. The molecule has 6 heteroatoms. The smallest absolute Gasteiger partial charge is 0.324 e. The first-order valence-corrected chi connectivity index (χ1v) is 7.49. The normalized spacial score (nSPS) is 14.3. The summed E-state index contributed by atoms with van der Waals surface area (Å²) in [4.78, 5) is 19.8. The van der Waals surface area contributed by atoms with Crippen molar-refractivity contribution in [1.82, 2.24) is 9.88 Å². The minimum atomic E-state index is 0.0273. The lowest BCUT2D eigenvalue weighted by Gasteiger charge is -2.18. The molecule has 1 aromatic heterocycles. The molecule has 1 aliphatic heterocycles. The summed E-state index contributed by atoms with van der Waals surface area (Å²) >= 11 is 0. The Kier molecular flexibility index (Phi) is 4.06. The van der Waals surface area contributed by atoms with Gasteiger partial charge in [0.1, 0.15) is 0 Å². The first kappa shape index (κ1) is 15.1. The van der Waals surface area contributed by atoms with Gasteiger partial charge in [-0.05, 0) is 31.2 Å². The zero-order valence-corrected chi connectivity index (χ0v) is 13.5. The average molecular weight is 312 g/mol. The molecular weight excluding hydrogens is 292 g/mol. The van der Waals surface area contributed by atoms with Crippen molar-refractivity contribution in [3.63, 3.8) is 0 Å². The summed E-state index contributed by atoms with van der Waals surface area (Å²) in [6.07, 6.45) is 1.74. The number of ether oxygens (including phenoxy) is 1. The molecule has 1 aliphatic rings. The number of hydrogen-bond acceptors (Lipinski definition) is 4. The summed E-state index contributed by atoms with van der Waals surface area (Å²) < 4.78 is 5.41. The zero-order chi connectivity index (χ0) is 16.4. The average Bonchev–Trinajstić information content (AvgIpc) is 2.87. The molecule has 6 nitrogen and oxygen atoms in total. The lowest BCUT2D eigenvalue weighted by Crippen LogP contribution is -2.29. The van der Waals surface area contributed by atoms with E-state index >= 15 is 0 Å². The predicted octanol–water partition coefficient (Wildman–Crippen LogP) is 3.01. The van der Waals surface area contributed by atoms with Gasteiger partial charge >= 0.3 is 6.03 Å². The molecule has 0 radical (unpaired) electrons. The second kappa shape index (κ2) is 6.16. The van der Waals surface area contributed by atoms with Crippen molar-refractivity contribution in [2.45, 2.75) is 6.92 Å². The third kappa shape index (κ3) is 2.92. The van der Waals surface area contributed by atoms with Crippen LogP contribution in [0.5, 0.6) is 5.75 Å². The largest absolute Gasteiger partial charge is 0.493 e. The molecule has 3 rings (SSSR count). The number of rotatable bonds is 4. The van der Waals surface area contributed by atoms with Gasteiger partial charge in [0.2, 0.25) is 0 Å². The number of nitrogens with one attached hydrogen (secondary N) is 1. The highest BCUT2D eigenvalue weighted by molar-refractivity contribution is 5.94. The second-order valence-corrected chi connectivity index (χ2v) is 5.51. The highest BCUT2D eigenvalue weighted by Crippen LogP contribution is 2.31. The van der Waals surface area contributed by atoms with Crippen LogP contribution in [0.15, 0.2) is 36.5 Å². The Labute approximate surface area is 135 Å². The van der Waals surface area contributed by atoms with E-state index in [1.807, 2.05) is 44.3 Å². The number of aryl methyl sites for hydroxylation is 1. The van der Waals surface area contributed by atoms with Crippen LogP contribution in [0.2, 0.25) is 0 Å². The Morgan fingerprint density at radius 1 is 1.26 bits per heavy atom. The Morgan fingerprint density at radius 3 is 2.78 bits per heavy atom. The van der Waals surface area contributed by atoms with Gasteiger partial charge in [0.15, 0.2) is 5.75 Å². The third-order valence-electron chi connectivity index (χ3n) is 3.94. The Hall–Kier alpha value is -2.76. The SMILES string of the molecule is COc1c(Nc2cccc(N3CCN(C)C3=O)c2)ccnc1C. The first-order chi connectivity index (χ1) is 11.1. The maximum Gasteiger partial charge on any atom is 0.324 e. The maximum atomic E-state index is 12.1. The minimum absolute atomic E-state index is 0.0273. The number of likely N-dealkylation sites (N-methyl/N-ethyl adjacent to an activating group) is 1. The van der Waals surface area contributed by atoms with Crippen LogP contribution in [0, 0.1) is 6.92 Å². The lowest BCUT2D eigenvalue weighted by atomic mass is 10.2. The van der Waals surface area contributed by atoms with E-state index in [0.29, 0.717) is 6.54 Å². The number of pyridine rings is 1. The van der Waals surface area contributed by atoms with Crippen LogP contribution in [-0.2, 0) is 0 Å². The number of carbonyl (C=O) groups is 1. The van der Waals surface area contributed by atoms with Crippen LogP contribution in [0.4, 0.5) is 21.9 Å². The van der Waals surface area contributed by atoms with Crippen LogP contribution in [0.3, 0.4) is 0 Å². The molecule has 2 amide bonds. The molecule has 120 valence electrons. The fourth-order valence-electron chi connectivity index (χ4n) is 2.70. The molecule has 0 unspecified atom stereocenters. The standard InChI is InChI=1S/C17H20N4O2/c1-12-16(23-3)15(7-8-18-12)19-13-5-4-6-14(11-13)21-10-9-20(2)17(21)22/h4-8,11H,9-10H2,1-3H3,(H,18,19). The van der Waals surface area contributed by atoms with Gasteiger partial charge in [-0.2, -0.15) is 0 Å². The number of amides is 2. The van der Waals surface area contributed by atoms with Crippen molar-refractivity contribution in [3.05, 3.63) is 42.2 Å². The van der Waals surface area contributed by atoms with E-state index in [0.717, 1.165) is 35.1 Å². The summed E-state index contributed by atoms with van der Waals surface area (Å²) in [5.41, 5.74) is 3.45. The van der Waals surface area contributed by atoms with Gasteiger partial charge in [0.05, 0.1) is 18.5 Å². The van der Waals surface area contributed by atoms with E-state index < -0.39 is 0 Å². The summed E-state index contributed by atoms with van der Waals surface area (Å²) in [6.45, 7) is 3.35. The number of methoxy groups -OCH3 is 1. The molecule has 23 heavy (non-hydrogen) atoms. The van der Waals surface area contributed by atoms with Gasteiger partial charge in [-0.3, -0.25) is 9.88 Å². The van der Waals surface area contributed by atoms with Crippen molar-refractivity contribution >= 4 is 23.1 Å². The second-order valence-electron chi connectivity index (χ2n) is 5.51. The zero-order valence-electron chi connectivity index (χ0n) is 13.5. The van der Waals surface area contributed by atoms with E-state index in [-0.39, 0.29) is 6.03 Å². The summed E-state index contributed by atoms with van der Waals surface area (Å²) in [6, 6.07) is 9.70. The highest BCUT2D eigenvalue weighted by atomic mass is 16.5. The van der Waals surface area contributed by atoms with Gasteiger partial charge in [0, 0.05) is 37.7 Å². The molecule has 1 aromatic carbocycles. The van der Waals surface area contributed by atoms with Crippen molar-refractivity contribution in [2.24, 2.45) is 0 Å². The first-order valence-electron chi connectivity index (χ1n) is 7.49. The van der Waals surface area contributed by atoms with E-state index in [1.54, 1.807) is 23.1 Å². The molecule has 2 heterocycles. The van der Waals surface area contributed by atoms with Crippen molar-refractivity contribution in [1.29, 1.82) is 0 Å². The van der Waals surface area contributed by atoms with Crippen LogP contribution in [0.1, 0.15) is 5.69 Å². The maximum absolute atomic E-state index is 12.1. The Balaban J connectivity index is 1.87. The monoisotopic (exact) mass is 312 g/mol. The quantitative estimate of drug-likeness (QED) is 0.943. The van der Waals surface area contributed by atoms with Gasteiger partial charge in [-0.1, -0.05) is 6.07 Å². The number of benzene rings is 1. The topological polar surface area (TPSA) is 57.7 Å². The van der Waals surface area contributed by atoms with Crippen LogP contribution in [0.25, 0.3) is 0 Å². The molecule has 1 saturated heterocycles. The number of hydrogen-bond donors (Lipinski definition) is 1. The molecule has 0 saturated carbocycles. The fourth-order valence-corrected chi connectivity index (χ4v) is 2.70. The van der Waals surface area contributed by atoms with Crippen molar-refractivity contribution < 1.29 is 9.53 Å².